The average molecular weight is 527 g/mol. The van der Waals surface area contributed by atoms with Gasteiger partial charge in [-0.3, -0.25) is 30.3 Å². The highest BCUT2D eigenvalue weighted by Crippen LogP contribution is 2.30. The number of anilines is 1. The van der Waals surface area contributed by atoms with Crippen LogP contribution >= 0.6 is 0 Å². The Morgan fingerprint density at radius 2 is 1.61 bits per heavy atom. The van der Waals surface area contributed by atoms with E-state index >= 15 is 0 Å². The lowest BCUT2D eigenvalue weighted by atomic mass is 10.1. The van der Waals surface area contributed by atoms with Gasteiger partial charge >= 0.3 is 6.09 Å². The Kier molecular flexibility index (Phi) is 9.18. The lowest BCUT2D eigenvalue weighted by molar-refractivity contribution is -0.394. The summed E-state index contributed by atoms with van der Waals surface area (Å²) in [5.74, 6) is -1.90. The fourth-order valence-corrected chi connectivity index (χ4v) is 3.66. The van der Waals surface area contributed by atoms with E-state index in [2.05, 4.69) is 10.3 Å². The first-order valence-electron chi connectivity index (χ1n) is 11.4. The van der Waals surface area contributed by atoms with Crippen LogP contribution in [-0.4, -0.2) is 38.7 Å². The van der Waals surface area contributed by atoms with Crippen molar-refractivity contribution in [1.82, 2.24) is 9.55 Å². The molecule has 0 saturated carbocycles. The maximum atomic E-state index is 13.4. The molecule has 0 saturated heterocycles. The van der Waals surface area contributed by atoms with Crippen LogP contribution in [0.2, 0.25) is 0 Å². The summed E-state index contributed by atoms with van der Waals surface area (Å²) < 4.78 is 17.8. The summed E-state index contributed by atoms with van der Waals surface area (Å²) in [7, 11) is 0. The molecule has 1 heterocycles. The molecule has 3 rings (SSSR count). The van der Waals surface area contributed by atoms with Crippen molar-refractivity contribution >= 4 is 23.2 Å². The van der Waals surface area contributed by atoms with Crippen molar-refractivity contribution < 1.29 is 28.9 Å². The van der Waals surface area contributed by atoms with Gasteiger partial charge < -0.3 is 14.2 Å². The van der Waals surface area contributed by atoms with E-state index in [-0.39, 0.29) is 37.5 Å². The smallest absolute Gasteiger partial charge is 0.412 e. The number of rotatable bonds is 12. The zero-order valence-corrected chi connectivity index (χ0v) is 20.6. The van der Waals surface area contributed by atoms with Gasteiger partial charge in [-0.2, -0.15) is 0 Å². The molecule has 0 bridgehead atoms. The van der Waals surface area contributed by atoms with E-state index in [1.54, 1.807) is 38.1 Å². The van der Waals surface area contributed by atoms with Gasteiger partial charge in [0, 0.05) is 31.8 Å². The van der Waals surface area contributed by atoms with Crippen molar-refractivity contribution in [3.63, 3.8) is 0 Å². The number of carbonyl (C=O) groups is 1. The van der Waals surface area contributed by atoms with Crippen molar-refractivity contribution in [2.45, 2.75) is 32.8 Å². The fraction of sp³-hybridized carbons (Fsp3) is 0.292. The standard InChI is InChI=1S/C24H25N5O9/c1-3-37-24(38-4-2,13-18-10-19(28(32)33)12-20(11-18)29(34)35)27-16-25-14-21(22(27)30)26-23(31)36-15-17-8-6-5-7-9-17/h5-12,14,16H,3-4,13,15H2,1-2H3,(H,26,31). The lowest BCUT2D eigenvalue weighted by Crippen LogP contribution is -2.48. The number of nitrogens with zero attached hydrogens (tertiary/aromatic N) is 4. The molecule has 1 N–H and O–H groups in total. The Hall–Kier alpha value is -4.69. The van der Waals surface area contributed by atoms with Crippen LogP contribution in [0.1, 0.15) is 25.0 Å². The number of hydrogen-bond donors (Lipinski definition) is 1. The molecule has 2 aromatic carbocycles. The highest BCUT2D eigenvalue weighted by Gasteiger charge is 2.37. The van der Waals surface area contributed by atoms with Crippen LogP contribution in [0.25, 0.3) is 0 Å². The first-order chi connectivity index (χ1) is 18.2. The Morgan fingerprint density at radius 3 is 2.16 bits per heavy atom. The van der Waals surface area contributed by atoms with E-state index in [1.165, 1.54) is 0 Å². The van der Waals surface area contributed by atoms with Gasteiger partial charge in [0.2, 0.25) is 0 Å². The van der Waals surface area contributed by atoms with E-state index in [9.17, 15) is 29.8 Å². The molecule has 0 fully saturated rings. The van der Waals surface area contributed by atoms with Crippen LogP contribution in [0.5, 0.6) is 0 Å². The number of ether oxygens (including phenoxy) is 3. The van der Waals surface area contributed by atoms with Gasteiger partial charge in [0.1, 0.15) is 18.6 Å². The number of carbonyl (C=O) groups excluding carboxylic acids is 1. The summed E-state index contributed by atoms with van der Waals surface area (Å²) in [6.07, 6.45) is 0.988. The second-order valence-corrected chi connectivity index (χ2v) is 7.80. The number of hydrogen-bond acceptors (Lipinski definition) is 10. The largest absolute Gasteiger partial charge is 0.444 e. The third-order valence-corrected chi connectivity index (χ3v) is 5.20. The molecule has 14 nitrogen and oxygen atoms in total. The first-order valence-corrected chi connectivity index (χ1v) is 11.4. The van der Waals surface area contributed by atoms with Gasteiger partial charge in [0.15, 0.2) is 0 Å². The van der Waals surface area contributed by atoms with Crippen LogP contribution in [0, 0.1) is 20.2 Å². The number of non-ortho nitro benzene ring substituents is 2. The summed E-state index contributed by atoms with van der Waals surface area (Å²) in [6.45, 7) is 3.28. The maximum absolute atomic E-state index is 13.4. The van der Waals surface area contributed by atoms with Gasteiger partial charge in [-0.05, 0) is 25.0 Å². The predicted octanol–water partition coefficient (Wildman–Crippen LogP) is 3.73. The van der Waals surface area contributed by atoms with E-state index < -0.39 is 38.8 Å². The molecular formula is C24H25N5O9. The van der Waals surface area contributed by atoms with Gasteiger partial charge in [-0.25, -0.2) is 14.3 Å². The quantitative estimate of drug-likeness (QED) is 0.207. The minimum absolute atomic E-state index is 0.0280. The molecule has 0 aliphatic rings. The van der Waals surface area contributed by atoms with Crippen LogP contribution < -0.4 is 10.9 Å². The monoisotopic (exact) mass is 527 g/mol. The minimum atomic E-state index is -1.90. The topological polar surface area (TPSA) is 178 Å². The van der Waals surface area contributed by atoms with E-state index in [1.807, 2.05) is 6.07 Å². The predicted molar refractivity (Wildman–Crippen MR) is 133 cm³/mol. The zero-order valence-electron chi connectivity index (χ0n) is 20.6. The van der Waals surface area contributed by atoms with Crippen LogP contribution in [0.15, 0.2) is 65.8 Å². The van der Waals surface area contributed by atoms with Gasteiger partial charge in [-0.15, -0.1) is 0 Å². The van der Waals surface area contributed by atoms with Crippen LogP contribution in [0.4, 0.5) is 21.9 Å². The lowest BCUT2D eigenvalue weighted by Gasteiger charge is -2.34. The molecular weight excluding hydrogens is 502 g/mol. The molecule has 1 amide bonds. The molecule has 3 aromatic rings. The third kappa shape index (κ3) is 6.74. The van der Waals surface area contributed by atoms with E-state index in [0.29, 0.717) is 0 Å². The van der Waals surface area contributed by atoms with Crippen molar-refractivity contribution in [2.24, 2.45) is 0 Å². The van der Waals surface area contributed by atoms with Crippen molar-refractivity contribution in [3.8, 4) is 0 Å². The molecule has 14 heteroatoms. The number of amides is 1. The molecule has 200 valence electrons. The van der Waals surface area contributed by atoms with E-state index in [0.717, 1.165) is 40.9 Å². The summed E-state index contributed by atoms with van der Waals surface area (Å²) in [6, 6.07) is 12.0. The Labute approximate surface area is 216 Å². The number of benzene rings is 2. The minimum Gasteiger partial charge on any atom is -0.444 e. The van der Waals surface area contributed by atoms with Gasteiger partial charge in [0.05, 0.1) is 22.1 Å². The van der Waals surface area contributed by atoms with Crippen molar-refractivity contribution in [3.05, 3.63) is 103 Å². The molecule has 0 unspecified atom stereocenters. The molecule has 0 aliphatic carbocycles. The van der Waals surface area contributed by atoms with Gasteiger partial charge in [0.25, 0.3) is 22.8 Å². The average Bonchev–Trinajstić information content (AvgIpc) is 2.89. The summed E-state index contributed by atoms with van der Waals surface area (Å²) in [5, 5.41) is 25.1. The normalized spacial score (nSPS) is 11.1. The fourth-order valence-electron chi connectivity index (χ4n) is 3.66. The molecule has 0 atom stereocenters. The SMILES string of the molecule is CCOC(Cc1cc([N+](=O)[O-])cc([N+](=O)[O-])c1)(OCC)n1cncc(NC(=O)OCc2ccccc2)c1=O. The zero-order chi connectivity index (χ0) is 27.7. The molecule has 0 spiro atoms. The second kappa shape index (κ2) is 12.5. The van der Waals surface area contributed by atoms with Crippen LogP contribution in [0.3, 0.4) is 0 Å². The van der Waals surface area contributed by atoms with Crippen molar-refractivity contribution in [2.75, 3.05) is 18.5 Å². The number of aromatic nitrogens is 2. The Morgan fingerprint density at radius 1 is 1.00 bits per heavy atom. The number of nitro benzene ring substituents is 2. The maximum Gasteiger partial charge on any atom is 0.412 e. The summed E-state index contributed by atoms with van der Waals surface area (Å²) >= 11 is 0. The molecule has 1 aromatic heterocycles. The summed E-state index contributed by atoms with van der Waals surface area (Å²) in [5.41, 5.74) is -1.22. The van der Waals surface area contributed by atoms with Crippen molar-refractivity contribution in [1.29, 1.82) is 0 Å². The number of nitrogens with one attached hydrogen (secondary N) is 1. The number of nitro groups is 2. The second-order valence-electron chi connectivity index (χ2n) is 7.80. The van der Waals surface area contributed by atoms with E-state index in [4.69, 9.17) is 14.2 Å². The molecule has 0 aliphatic heterocycles. The molecule has 0 radical (unpaired) electrons. The van der Waals surface area contributed by atoms with Crippen LogP contribution in [-0.2, 0) is 33.1 Å². The summed E-state index contributed by atoms with van der Waals surface area (Å²) in [4.78, 5) is 50.9. The van der Waals surface area contributed by atoms with Gasteiger partial charge in [-0.1, -0.05) is 30.3 Å². The Balaban J connectivity index is 1.97. The molecule has 38 heavy (non-hydrogen) atoms. The highest BCUT2D eigenvalue weighted by atomic mass is 16.7. The Bertz CT molecular complexity index is 1320. The third-order valence-electron chi connectivity index (χ3n) is 5.20. The first kappa shape index (κ1) is 27.9. The highest BCUT2D eigenvalue weighted by molar-refractivity contribution is 5.84.